The smallest absolute Gasteiger partial charge is 0.222 e. The summed E-state index contributed by atoms with van der Waals surface area (Å²) in [7, 11) is 0. The standard InChI is InChI=1S/C17H22N4O/c1-13-18-15(20-19-13)9-11-21-12-17(2,10-8-16(21)22)14-6-4-3-5-7-14/h3-7H,8-12H2,1-2H3,(H,18,19,20)/t17-/m0/s1. The molecule has 0 spiro atoms. The van der Waals surface area contributed by atoms with Crippen molar-refractivity contribution in [2.75, 3.05) is 13.1 Å². The average molecular weight is 298 g/mol. The molecule has 1 aliphatic rings. The zero-order chi connectivity index (χ0) is 15.6. The summed E-state index contributed by atoms with van der Waals surface area (Å²) in [6.45, 7) is 5.57. The monoisotopic (exact) mass is 298 g/mol. The van der Waals surface area contributed by atoms with E-state index in [1.54, 1.807) is 0 Å². The van der Waals surface area contributed by atoms with Crippen molar-refractivity contribution in [3.05, 3.63) is 47.5 Å². The molecule has 1 aromatic heterocycles. The van der Waals surface area contributed by atoms with Crippen LogP contribution in [0.15, 0.2) is 30.3 Å². The van der Waals surface area contributed by atoms with Gasteiger partial charge in [0, 0.05) is 31.3 Å². The molecule has 1 amide bonds. The fraction of sp³-hybridized carbons (Fsp3) is 0.471. The molecule has 1 saturated heterocycles. The molecule has 0 saturated carbocycles. The van der Waals surface area contributed by atoms with E-state index in [1.807, 2.05) is 17.9 Å². The Morgan fingerprint density at radius 1 is 1.32 bits per heavy atom. The lowest BCUT2D eigenvalue weighted by molar-refractivity contribution is -0.135. The van der Waals surface area contributed by atoms with E-state index in [9.17, 15) is 4.79 Å². The average Bonchev–Trinajstić information content (AvgIpc) is 2.95. The lowest BCUT2D eigenvalue weighted by Gasteiger charge is -2.40. The number of piperidine rings is 1. The quantitative estimate of drug-likeness (QED) is 0.941. The highest BCUT2D eigenvalue weighted by Crippen LogP contribution is 2.33. The normalized spacial score (nSPS) is 22.1. The molecule has 5 nitrogen and oxygen atoms in total. The van der Waals surface area contributed by atoms with Gasteiger partial charge in [0.25, 0.3) is 0 Å². The van der Waals surface area contributed by atoms with Crippen LogP contribution in [0.2, 0.25) is 0 Å². The van der Waals surface area contributed by atoms with Crippen molar-refractivity contribution in [1.29, 1.82) is 0 Å². The van der Waals surface area contributed by atoms with Gasteiger partial charge in [0.1, 0.15) is 5.82 Å². The maximum absolute atomic E-state index is 12.2. The number of rotatable bonds is 4. The van der Waals surface area contributed by atoms with Crippen LogP contribution in [0.5, 0.6) is 0 Å². The Bertz CT molecular complexity index is 652. The fourth-order valence-corrected chi connectivity index (χ4v) is 3.15. The second kappa shape index (κ2) is 5.91. The van der Waals surface area contributed by atoms with Crippen LogP contribution >= 0.6 is 0 Å². The summed E-state index contributed by atoms with van der Waals surface area (Å²) >= 11 is 0. The van der Waals surface area contributed by atoms with Gasteiger partial charge in [-0.25, -0.2) is 4.98 Å². The minimum Gasteiger partial charge on any atom is -0.341 e. The maximum Gasteiger partial charge on any atom is 0.222 e. The van der Waals surface area contributed by atoms with Gasteiger partial charge in [-0.3, -0.25) is 9.89 Å². The molecule has 0 radical (unpaired) electrons. The molecule has 3 rings (SSSR count). The predicted molar refractivity (Wildman–Crippen MR) is 84.4 cm³/mol. The topological polar surface area (TPSA) is 61.9 Å². The third-order valence-electron chi connectivity index (χ3n) is 4.50. The lowest BCUT2D eigenvalue weighted by Crippen LogP contribution is -2.48. The molecular formula is C17H22N4O. The van der Waals surface area contributed by atoms with Crippen LogP contribution in [0, 0.1) is 6.92 Å². The molecule has 1 aromatic carbocycles. The van der Waals surface area contributed by atoms with E-state index < -0.39 is 0 Å². The summed E-state index contributed by atoms with van der Waals surface area (Å²) < 4.78 is 0. The van der Waals surface area contributed by atoms with Crippen LogP contribution in [0.3, 0.4) is 0 Å². The largest absolute Gasteiger partial charge is 0.341 e. The maximum atomic E-state index is 12.2. The van der Waals surface area contributed by atoms with E-state index >= 15 is 0 Å². The second-order valence-corrected chi connectivity index (χ2v) is 6.33. The van der Waals surface area contributed by atoms with Gasteiger partial charge in [-0.15, -0.1) is 0 Å². The van der Waals surface area contributed by atoms with Crippen molar-refractivity contribution >= 4 is 5.91 Å². The third-order valence-corrected chi connectivity index (χ3v) is 4.50. The first kappa shape index (κ1) is 14.8. The van der Waals surface area contributed by atoms with Crippen molar-refractivity contribution in [3.8, 4) is 0 Å². The Hall–Kier alpha value is -2.17. The number of nitrogens with zero attached hydrogens (tertiary/aromatic N) is 3. The molecule has 5 heteroatoms. The second-order valence-electron chi connectivity index (χ2n) is 6.33. The number of aryl methyl sites for hydroxylation is 1. The Morgan fingerprint density at radius 3 is 2.77 bits per heavy atom. The van der Waals surface area contributed by atoms with Gasteiger partial charge in [-0.1, -0.05) is 37.3 Å². The van der Waals surface area contributed by atoms with Crippen LogP contribution in [-0.2, 0) is 16.6 Å². The number of H-pyrrole nitrogens is 1. The fourth-order valence-electron chi connectivity index (χ4n) is 3.15. The predicted octanol–water partition coefficient (Wildman–Crippen LogP) is 2.24. The van der Waals surface area contributed by atoms with Gasteiger partial charge in [-0.05, 0) is 18.9 Å². The van der Waals surface area contributed by atoms with E-state index in [0.29, 0.717) is 19.4 Å². The Balaban J connectivity index is 1.69. The Labute approximate surface area is 130 Å². The van der Waals surface area contributed by atoms with Gasteiger partial charge in [0.05, 0.1) is 0 Å². The first-order chi connectivity index (χ1) is 10.6. The van der Waals surface area contributed by atoms with Crippen LogP contribution < -0.4 is 0 Å². The number of benzene rings is 1. The highest BCUT2D eigenvalue weighted by molar-refractivity contribution is 5.77. The van der Waals surface area contributed by atoms with E-state index in [-0.39, 0.29) is 11.3 Å². The van der Waals surface area contributed by atoms with Gasteiger partial charge in [-0.2, -0.15) is 5.10 Å². The number of aromatic nitrogens is 3. The minimum absolute atomic E-state index is 0.0318. The summed E-state index contributed by atoms with van der Waals surface area (Å²) in [5, 5.41) is 6.99. The number of aromatic amines is 1. The summed E-state index contributed by atoms with van der Waals surface area (Å²) in [4.78, 5) is 18.5. The molecule has 1 N–H and O–H groups in total. The highest BCUT2D eigenvalue weighted by atomic mass is 16.2. The highest BCUT2D eigenvalue weighted by Gasteiger charge is 2.35. The molecule has 1 fully saturated rings. The Morgan fingerprint density at radius 2 is 2.09 bits per heavy atom. The number of carbonyl (C=O) groups is 1. The van der Waals surface area contributed by atoms with Crippen molar-refractivity contribution < 1.29 is 4.79 Å². The molecule has 0 unspecified atom stereocenters. The summed E-state index contributed by atoms with van der Waals surface area (Å²) in [5.74, 6) is 1.83. The van der Waals surface area contributed by atoms with Gasteiger partial charge in [0.15, 0.2) is 5.82 Å². The lowest BCUT2D eigenvalue weighted by atomic mass is 9.75. The molecule has 2 aromatic rings. The van der Waals surface area contributed by atoms with Crippen molar-refractivity contribution in [2.45, 2.75) is 38.5 Å². The van der Waals surface area contributed by atoms with Gasteiger partial charge >= 0.3 is 0 Å². The summed E-state index contributed by atoms with van der Waals surface area (Å²) in [6, 6.07) is 10.5. The van der Waals surface area contributed by atoms with Crippen molar-refractivity contribution in [3.63, 3.8) is 0 Å². The number of likely N-dealkylation sites (tertiary alicyclic amines) is 1. The molecule has 22 heavy (non-hydrogen) atoms. The molecular weight excluding hydrogens is 276 g/mol. The van der Waals surface area contributed by atoms with Crippen LogP contribution in [0.25, 0.3) is 0 Å². The van der Waals surface area contributed by atoms with E-state index in [1.165, 1.54) is 5.56 Å². The minimum atomic E-state index is 0.0318. The molecule has 1 atom stereocenters. The first-order valence-corrected chi connectivity index (χ1v) is 7.78. The van der Waals surface area contributed by atoms with Crippen molar-refractivity contribution in [2.24, 2.45) is 0 Å². The zero-order valence-electron chi connectivity index (χ0n) is 13.2. The van der Waals surface area contributed by atoms with E-state index in [2.05, 4.69) is 46.4 Å². The number of hydrogen-bond acceptors (Lipinski definition) is 3. The summed E-state index contributed by atoms with van der Waals surface area (Å²) in [5.41, 5.74) is 1.34. The molecule has 0 bridgehead atoms. The molecule has 2 heterocycles. The zero-order valence-corrected chi connectivity index (χ0v) is 13.2. The van der Waals surface area contributed by atoms with Crippen LogP contribution in [-0.4, -0.2) is 39.1 Å². The number of carbonyl (C=O) groups excluding carboxylic acids is 1. The van der Waals surface area contributed by atoms with E-state index in [4.69, 9.17) is 0 Å². The third kappa shape index (κ3) is 3.03. The van der Waals surface area contributed by atoms with Gasteiger partial charge < -0.3 is 4.90 Å². The van der Waals surface area contributed by atoms with Crippen LogP contribution in [0.1, 0.15) is 37.0 Å². The molecule has 116 valence electrons. The number of nitrogens with one attached hydrogen (secondary N) is 1. The molecule has 1 aliphatic heterocycles. The summed E-state index contributed by atoms with van der Waals surface area (Å²) in [6.07, 6.45) is 2.21. The van der Waals surface area contributed by atoms with Crippen LogP contribution in [0.4, 0.5) is 0 Å². The van der Waals surface area contributed by atoms with Gasteiger partial charge in [0.2, 0.25) is 5.91 Å². The van der Waals surface area contributed by atoms with Crippen molar-refractivity contribution in [1.82, 2.24) is 20.1 Å². The van der Waals surface area contributed by atoms with E-state index in [0.717, 1.165) is 24.6 Å². The SMILES string of the molecule is Cc1nc(CCN2C[C@@](C)(c3ccccc3)CCC2=O)n[nH]1. The number of amides is 1. The number of hydrogen-bond donors (Lipinski definition) is 1. The molecule has 0 aliphatic carbocycles. The Kier molecular flexibility index (Phi) is 3.96. The first-order valence-electron chi connectivity index (χ1n) is 7.78.